The first-order chi connectivity index (χ1) is 8.70. The lowest BCUT2D eigenvalue weighted by Gasteiger charge is -2.50. The Morgan fingerprint density at radius 1 is 1.17 bits per heavy atom. The van der Waals surface area contributed by atoms with Crippen LogP contribution in [0.4, 0.5) is 0 Å². The molecule has 2 saturated carbocycles. The second kappa shape index (κ2) is 4.77. The molecule has 1 aliphatic heterocycles. The van der Waals surface area contributed by atoms with Crippen molar-refractivity contribution in [2.45, 2.75) is 75.0 Å². The van der Waals surface area contributed by atoms with E-state index in [4.69, 9.17) is 15.2 Å². The van der Waals surface area contributed by atoms with Gasteiger partial charge in [0, 0.05) is 19.8 Å². The maximum absolute atomic E-state index is 6.62. The molecule has 0 aromatic heterocycles. The number of hydrogen-bond donors (Lipinski definition) is 1. The Kier molecular flexibility index (Phi) is 3.41. The minimum atomic E-state index is -0.0348. The molecule has 0 bridgehead atoms. The molecular weight excluding hydrogens is 226 g/mol. The topological polar surface area (TPSA) is 44.5 Å². The highest BCUT2D eigenvalue weighted by atomic mass is 16.5. The van der Waals surface area contributed by atoms with Gasteiger partial charge in [0.15, 0.2) is 0 Å². The van der Waals surface area contributed by atoms with E-state index in [0.717, 1.165) is 25.9 Å². The summed E-state index contributed by atoms with van der Waals surface area (Å²) in [5.41, 5.74) is 6.79. The van der Waals surface area contributed by atoms with Crippen molar-refractivity contribution < 1.29 is 9.47 Å². The van der Waals surface area contributed by atoms with Gasteiger partial charge < -0.3 is 15.2 Å². The average molecular weight is 253 g/mol. The van der Waals surface area contributed by atoms with Gasteiger partial charge in [0.25, 0.3) is 0 Å². The normalized spacial score (nSPS) is 35.3. The summed E-state index contributed by atoms with van der Waals surface area (Å²) in [5.74, 6) is 0.595. The standard InChI is InChI=1S/C15H27NO2/c1-17-15(8-2-3-9-15)13(16)12-5-10-18-14(11-12)6-4-7-14/h12-13H,2-11,16H2,1H3. The Hall–Kier alpha value is -0.120. The van der Waals surface area contributed by atoms with E-state index in [1.165, 1.54) is 38.5 Å². The van der Waals surface area contributed by atoms with E-state index >= 15 is 0 Å². The molecule has 18 heavy (non-hydrogen) atoms. The summed E-state index contributed by atoms with van der Waals surface area (Å²) in [5, 5.41) is 0. The highest BCUT2D eigenvalue weighted by Gasteiger charge is 2.49. The van der Waals surface area contributed by atoms with Crippen LogP contribution >= 0.6 is 0 Å². The number of ether oxygens (including phenoxy) is 2. The highest BCUT2D eigenvalue weighted by Crippen LogP contribution is 2.47. The minimum Gasteiger partial charge on any atom is -0.377 e. The van der Waals surface area contributed by atoms with Crippen LogP contribution in [0, 0.1) is 5.92 Å². The van der Waals surface area contributed by atoms with Gasteiger partial charge in [0.2, 0.25) is 0 Å². The first kappa shape index (κ1) is 12.9. The molecule has 1 spiro atoms. The summed E-state index contributed by atoms with van der Waals surface area (Å²) in [7, 11) is 1.85. The van der Waals surface area contributed by atoms with Gasteiger partial charge in [0.05, 0.1) is 11.2 Å². The van der Waals surface area contributed by atoms with Gasteiger partial charge >= 0.3 is 0 Å². The van der Waals surface area contributed by atoms with Crippen LogP contribution < -0.4 is 5.73 Å². The molecule has 2 atom stereocenters. The Morgan fingerprint density at radius 3 is 2.44 bits per heavy atom. The number of nitrogens with two attached hydrogens (primary N) is 1. The van der Waals surface area contributed by atoms with Gasteiger partial charge in [0.1, 0.15) is 0 Å². The molecule has 104 valence electrons. The fourth-order valence-corrected chi connectivity index (χ4v) is 4.37. The molecule has 0 aromatic rings. The van der Waals surface area contributed by atoms with Crippen LogP contribution in [0.15, 0.2) is 0 Å². The maximum atomic E-state index is 6.62. The Morgan fingerprint density at radius 2 is 1.89 bits per heavy atom. The third-order valence-electron chi connectivity index (χ3n) is 5.77. The molecule has 0 amide bonds. The molecule has 3 nitrogen and oxygen atoms in total. The highest BCUT2D eigenvalue weighted by molar-refractivity contribution is 5.03. The molecule has 2 aliphatic carbocycles. The predicted molar refractivity (Wildman–Crippen MR) is 71.4 cm³/mol. The molecule has 1 heterocycles. The Balaban J connectivity index is 1.69. The number of rotatable bonds is 3. The molecule has 1 saturated heterocycles. The molecule has 2 unspecified atom stereocenters. The van der Waals surface area contributed by atoms with Crippen molar-refractivity contribution in [2.24, 2.45) is 11.7 Å². The summed E-state index contributed by atoms with van der Waals surface area (Å²) in [6.45, 7) is 0.901. The largest absolute Gasteiger partial charge is 0.377 e. The van der Waals surface area contributed by atoms with Gasteiger partial charge in [-0.15, -0.1) is 0 Å². The van der Waals surface area contributed by atoms with Crippen LogP contribution in [0.3, 0.4) is 0 Å². The van der Waals surface area contributed by atoms with Crippen LogP contribution in [0.1, 0.15) is 57.8 Å². The van der Waals surface area contributed by atoms with Crippen molar-refractivity contribution in [3.8, 4) is 0 Å². The van der Waals surface area contributed by atoms with Crippen molar-refractivity contribution in [3.05, 3.63) is 0 Å². The lowest BCUT2D eigenvalue weighted by Crippen LogP contribution is -2.56. The maximum Gasteiger partial charge on any atom is 0.0831 e. The van der Waals surface area contributed by atoms with E-state index in [2.05, 4.69) is 0 Å². The third kappa shape index (κ3) is 2.00. The molecular formula is C15H27NO2. The van der Waals surface area contributed by atoms with Crippen LogP contribution in [-0.2, 0) is 9.47 Å². The Bertz CT molecular complexity index is 295. The third-order valence-corrected chi connectivity index (χ3v) is 5.77. The first-order valence-corrected chi connectivity index (χ1v) is 7.64. The van der Waals surface area contributed by atoms with E-state index in [0.29, 0.717) is 5.92 Å². The summed E-state index contributed by atoms with van der Waals surface area (Å²) in [4.78, 5) is 0. The lowest BCUT2D eigenvalue weighted by molar-refractivity contribution is -0.157. The van der Waals surface area contributed by atoms with Crippen LogP contribution in [-0.4, -0.2) is 31.0 Å². The molecule has 3 fully saturated rings. The smallest absolute Gasteiger partial charge is 0.0831 e. The van der Waals surface area contributed by atoms with Crippen LogP contribution in [0.2, 0.25) is 0 Å². The van der Waals surface area contributed by atoms with Gasteiger partial charge in [-0.1, -0.05) is 12.8 Å². The van der Waals surface area contributed by atoms with Gasteiger partial charge in [-0.2, -0.15) is 0 Å². The van der Waals surface area contributed by atoms with Crippen molar-refractivity contribution in [2.75, 3.05) is 13.7 Å². The van der Waals surface area contributed by atoms with Crippen LogP contribution in [0.5, 0.6) is 0 Å². The zero-order valence-corrected chi connectivity index (χ0v) is 11.6. The fourth-order valence-electron chi connectivity index (χ4n) is 4.37. The molecule has 0 radical (unpaired) electrons. The number of methoxy groups -OCH3 is 1. The summed E-state index contributed by atoms with van der Waals surface area (Å²) >= 11 is 0. The second-order valence-electron chi connectivity index (χ2n) is 6.64. The van der Waals surface area contributed by atoms with E-state index in [1.54, 1.807) is 0 Å². The van der Waals surface area contributed by atoms with Crippen molar-refractivity contribution in [1.29, 1.82) is 0 Å². The lowest BCUT2D eigenvalue weighted by atomic mass is 9.68. The molecule has 3 aliphatic rings. The van der Waals surface area contributed by atoms with Crippen molar-refractivity contribution in [3.63, 3.8) is 0 Å². The Labute approximate surface area is 110 Å². The van der Waals surface area contributed by atoms with E-state index in [1.807, 2.05) is 7.11 Å². The summed E-state index contributed by atoms with van der Waals surface area (Å²) in [6, 6.07) is 0.200. The van der Waals surface area contributed by atoms with Crippen molar-refractivity contribution in [1.82, 2.24) is 0 Å². The summed E-state index contributed by atoms with van der Waals surface area (Å²) < 4.78 is 11.9. The van der Waals surface area contributed by atoms with Gasteiger partial charge in [-0.05, 0) is 50.9 Å². The van der Waals surface area contributed by atoms with E-state index in [-0.39, 0.29) is 17.2 Å². The van der Waals surface area contributed by atoms with E-state index < -0.39 is 0 Å². The molecule has 3 rings (SSSR count). The quantitative estimate of drug-likeness (QED) is 0.841. The van der Waals surface area contributed by atoms with Crippen molar-refractivity contribution >= 4 is 0 Å². The van der Waals surface area contributed by atoms with Gasteiger partial charge in [-0.3, -0.25) is 0 Å². The zero-order valence-electron chi connectivity index (χ0n) is 11.6. The predicted octanol–water partition coefficient (Wildman–Crippen LogP) is 2.62. The fraction of sp³-hybridized carbons (Fsp3) is 1.00. The average Bonchev–Trinajstić information content (AvgIpc) is 2.86. The molecule has 2 N–H and O–H groups in total. The second-order valence-corrected chi connectivity index (χ2v) is 6.64. The van der Waals surface area contributed by atoms with Crippen LogP contribution in [0.25, 0.3) is 0 Å². The minimum absolute atomic E-state index is 0.0348. The van der Waals surface area contributed by atoms with Gasteiger partial charge in [-0.25, -0.2) is 0 Å². The summed E-state index contributed by atoms with van der Waals surface area (Å²) in [6.07, 6.45) is 11.0. The molecule has 0 aromatic carbocycles. The molecule has 3 heteroatoms. The monoisotopic (exact) mass is 253 g/mol. The van der Waals surface area contributed by atoms with E-state index in [9.17, 15) is 0 Å². The SMILES string of the molecule is COC1(C(N)C2CCOC3(CCC3)C2)CCCC1. The number of hydrogen-bond acceptors (Lipinski definition) is 3. The first-order valence-electron chi connectivity index (χ1n) is 7.64. The zero-order chi connectivity index (χ0) is 12.6.